The van der Waals surface area contributed by atoms with Crippen LogP contribution >= 0.6 is 0 Å². The molecule has 0 amide bonds. The van der Waals surface area contributed by atoms with Gasteiger partial charge in [0.1, 0.15) is 11.3 Å². The second-order valence-electron chi connectivity index (χ2n) is 7.52. The maximum Gasteiger partial charge on any atom is 0.339 e. The average molecular weight is 327 g/mol. The van der Waals surface area contributed by atoms with Gasteiger partial charge in [0.2, 0.25) is 0 Å². The Kier molecular flexibility index (Phi) is 4.02. The third-order valence-electron chi connectivity index (χ3n) is 5.54. The SMILES string of the molecule is COC(=O)c1cnc2c(c1)nc(C[C@H]1CC[C@H](C)CC1)n2C1CC1. The van der Waals surface area contributed by atoms with E-state index in [0.717, 1.165) is 35.2 Å². The first kappa shape index (κ1) is 15.6. The predicted molar refractivity (Wildman–Crippen MR) is 92.0 cm³/mol. The Bertz CT molecular complexity index is 755. The number of carbonyl (C=O) groups is 1. The first-order valence-corrected chi connectivity index (χ1v) is 9.11. The van der Waals surface area contributed by atoms with E-state index in [1.165, 1.54) is 45.6 Å². The van der Waals surface area contributed by atoms with Crippen molar-refractivity contribution < 1.29 is 9.53 Å². The highest BCUT2D eigenvalue weighted by Gasteiger charge is 2.30. The smallest absolute Gasteiger partial charge is 0.339 e. The van der Waals surface area contributed by atoms with Gasteiger partial charge in [-0.15, -0.1) is 0 Å². The van der Waals surface area contributed by atoms with E-state index >= 15 is 0 Å². The number of rotatable bonds is 4. The largest absolute Gasteiger partial charge is 0.465 e. The minimum Gasteiger partial charge on any atom is -0.465 e. The van der Waals surface area contributed by atoms with Crippen molar-refractivity contribution >= 4 is 17.1 Å². The van der Waals surface area contributed by atoms with Gasteiger partial charge in [0, 0.05) is 18.7 Å². The lowest BCUT2D eigenvalue weighted by molar-refractivity contribution is 0.0600. The molecular weight excluding hydrogens is 302 g/mol. The van der Waals surface area contributed by atoms with Crippen molar-refractivity contribution in [3.8, 4) is 0 Å². The lowest BCUT2D eigenvalue weighted by atomic mass is 9.81. The normalized spacial score (nSPS) is 24.2. The molecule has 0 aromatic carbocycles. The van der Waals surface area contributed by atoms with Gasteiger partial charge in [0.25, 0.3) is 0 Å². The van der Waals surface area contributed by atoms with E-state index in [2.05, 4.69) is 16.5 Å². The Morgan fingerprint density at radius 1 is 1.25 bits per heavy atom. The Balaban J connectivity index is 1.66. The van der Waals surface area contributed by atoms with Gasteiger partial charge in [-0.3, -0.25) is 0 Å². The van der Waals surface area contributed by atoms with Crippen LogP contribution in [0.4, 0.5) is 0 Å². The monoisotopic (exact) mass is 327 g/mol. The molecule has 0 saturated heterocycles. The molecule has 5 heteroatoms. The zero-order valence-electron chi connectivity index (χ0n) is 14.5. The van der Waals surface area contributed by atoms with E-state index in [1.54, 1.807) is 6.20 Å². The molecule has 0 N–H and O–H groups in total. The molecule has 0 aliphatic heterocycles. The number of hydrogen-bond donors (Lipinski definition) is 0. The van der Waals surface area contributed by atoms with Crippen molar-refractivity contribution in [2.24, 2.45) is 11.8 Å². The molecule has 2 aliphatic rings. The van der Waals surface area contributed by atoms with Crippen molar-refractivity contribution in [2.75, 3.05) is 7.11 Å². The number of carbonyl (C=O) groups excluding carboxylic acids is 1. The lowest BCUT2D eigenvalue weighted by Gasteiger charge is -2.26. The molecule has 2 aromatic heterocycles. The van der Waals surface area contributed by atoms with Crippen LogP contribution < -0.4 is 0 Å². The molecule has 0 unspecified atom stereocenters. The molecule has 2 aliphatic carbocycles. The molecule has 24 heavy (non-hydrogen) atoms. The highest BCUT2D eigenvalue weighted by atomic mass is 16.5. The van der Waals surface area contributed by atoms with E-state index in [-0.39, 0.29) is 5.97 Å². The molecule has 4 rings (SSSR count). The highest BCUT2D eigenvalue weighted by Crippen LogP contribution is 2.39. The first-order chi connectivity index (χ1) is 11.7. The molecule has 2 saturated carbocycles. The third-order valence-corrected chi connectivity index (χ3v) is 5.54. The summed E-state index contributed by atoms with van der Waals surface area (Å²) in [4.78, 5) is 21.1. The van der Waals surface area contributed by atoms with Crippen LogP contribution in [-0.2, 0) is 11.2 Å². The summed E-state index contributed by atoms with van der Waals surface area (Å²) in [6.45, 7) is 2.36. The van der Waals surface area contributed by atoms with Gasteiger partial charge in [-0.1, -0.05) is 19.8 Å². The van der Waals surface area contributed by atoms with Crippen LogP contribution in [0.1, 0.15) is 67.7 Å². The predicted octanol–water partition coefficient (Wildman–Crippen LogP) is 3.92. The number of aromatic nitrogens is 3. The van der Waals surface area contributed by atoms with Crippen LogP contribution in [0.25, 0.3) is 11.2 Å². The number of hydrogen-bond acceptors (Lipinski definition) is 4. The van der Waals surface area contributed by atoms with E-state index < -0.39 is 0 Å². The maximum absolute atomic E-state index is 11.7. The molecule has 2 heterocycles. The van der Waals surface area contributed by atoms with Gasteiger partial charge in [-0.2, -0.15) is 0 Å². The fraction of sp³-hybridized carbons (Fsp3) is 0.632. The number of esters is 1. The second-order valence-corrected chi connectivity index (χ2v) is 7.52. The van der Waals surface area contributed by atoms with Crippen LogP contribution in [0.2, 0.25) is 0 Å². The van der Waals surface area contributed by atoms with Gasteiger partial charge < -0.3 is 9.30 Å². The van der Waals surface area contributed by atoms with Gasteiger partial charge in [-0.25, -0.2) is 14.8 Å². The molecule has 0 atom stereocenters. The van der Waals surface area contributed by atoms with Crippen LogP contribution in [-0.4, -0.2) is 27.6 Å². The fourth-order valence-electron chi connectivity index (χ4n) is 3.91. The van der Waals surface area contributed by atoms with Crippen molar-refractivity contribution in [3.63, 3.8) is 0 Å². The molecule has 0 radical (unpaired) electrons. The van der Waals surface area contributed by atoms with Crippen LogP contribution in [0.15, 0.2) is 12.3 Å². The van der Waals surface area contributed by atoms with Crippen LogP contribution in [0.3, 0.4) is 0 Å². The average Bonchev–Trinajstić information content (AvgIpc) is 3.37. The van der Waals surface area contributed by atoms with Gasteiger partial charge in [-0.05, 0) is 43.6 Å². The Morgan fingerprint density at radius 3 is 2.67 bits per heavy atom. The second kappa shape index (κ2) is 6.19. The van der Waals surface area contributed by atoms with Crippen molar-refractivity contribution in [2.45, 2.75) is 57.9 Å². The Labute approximate surface area is 142 Å². The summed E-state index contributed by atoms with van der Waals surface area (Å²) in [7, 11) is 1.39. The van der Waals surface area contributed by atoms with Gasteiger partial charge in [0.05, 0.1) is 12.7 Å². The van der Waals surface area contributed by atoms with Crippen molar-refractivity contribution in [1.82, 2.24) is 14.5 Å². The quantitative estimate of drug-likeness (QED) is 0.799. The number of fused-ring (bicyclic) bond motifs is 1. The maximum atomic E-state index is 11.7. The van der Waals surface area contributed by atoms with E-state index in [9.17, 15) is 4.79 Å². The van der Waals surface area contributed by atoms with E-state index in [1.807, 2.05) is 6.07 Å². The number of imidazole rings is 1. The van der Waals surface area contributed by atoms with Crippen LogP contribution in [0, 0.1) is 11.8 Å². The zero-order chi connectivity index (χ0) is 16.7. The highest BCUT2D eigenvalue weighted by molar-refractivity contribution is 5.92. The molecule has 2 fully saturated rings. The van der Waals surface area contributed by atoms with Crippen LogP contribution in [0.5, 0.6) is 0 Å². The molecule has 5 nitrogen and oxygen atoms in total. The number of pyridine rings is 1. The van der Waals surface area contributed by atoms with Gasteiger partial charge >= 0.3 is 5.97 Å². The Morgan fingerprint density at radius 2 is 2.00 bits per heavy atom. The summed E-state index contributed by atoms with van der Waals surface area (Å²) < 4.78 is 7.13. The summed E-state index contributed by atoms with van der Waals surface area (Å²) in [5.74, 6) is 2.40. The lowest BCUT2D eigenvalue weighted by Crippen LogP contribution is -2.16. The third kappa shape index (κ3) is 2.92. The van der Waals surface area contributed by atoms with Crippen molar-refractivity contribution in [3.05, 3.63) is 23.7 Å². The number of methoxy groups -OCH3 is 1. The van der Waals surface area contributed by atoms with Crippen molar-refractivity contribution in [1.29, 1.82) is 0 Å². The summed E-state index contributed by atoms with van der Waals surface area (Å²) in [5, 5.41) is 0. The first-order valence-electron chi connectivity index (χ1n) is 9.11. The standard InChI is InChI=1S/C19H25N3O2/c1-12-3-5-13(6-4-12)9-17-21-16-10-14(19(23)24-2)11-20-18(16)22(17)15-7-8-15/h10-13,15H,3-9H2,1-2H3/t12-,13-. The molecule has 2 aromatic rings. The topological polar surface area (TPSA) is 57.0 Å². The number of ether oxygens (including phenoxy) is 1. The molecule has 0 bridgehead atoms. The summed E-state index contributed by atoms with van der Waals surface area (Å²) >= 11 is 0. The van der Waals surface area contributed by atoms with Gasteiger partial charge in [0.15, 0.2) is 5.65 Å². The zero-order valence-corrected chi connectivity index (χ0v) is 14.5. The minimum absolute atomic E-state index is 0.354. The molecular formula is C19H25N3O2. The number of nitrogens with zero attached hydrogens (tertiary/aromatic N) is 3. The molecule has 0 spiro atoms. The van der Waals surface area contributed by atoms with E-state index in [0.29, 0.717) is 11.6 Å². The molecule has 128 valence electrons. The van der Waals surface area contributed by atoms with E-state index in [4.69, 9.17) is 9.72 Å². The minimum atomic E-state index is -0.354. The Hall–Kier alpha value is -1.91. The fourth-order valence-corrected chi connectivity index (χ4v) is 3.91. The summed E-state index contributed by atoms with van der Waals surface area (Å²) in [6, 6.07) is 2.36. The summed E-state index contributed by atoms with van der Waals surface area (Å²) in [6.07, 6.45) is 10.3. The summed E-state index contributed by atoms with van der Waals surface area (Å²) in [5.41, 5.74) is 2.22.